The first-order valence-corrected chi connectivity index (χ1v) is 13.0. The summed E-state index contributed by atoms with van der Waals surface area (Å²) in [6.45, 7) is 6.57. The van der Waals surface area contributed by atoms with Crippen molar-refractivity contribution in [3.05, 3.63) is 76.5 Å². The monoisotopic (exact) mass is 571 g/mol. The SMILES string of the molecule is CC(C)(C)CNc1c(C#N)cnc2c(F)cc(NC(c3cn(C4(C(F)(F)F)CC4)nn3)c3ccccc3Cl)cc12. The molecule has 0 bridgehead atoms. The van der Waals surface area contributed by atoms with Crippen LogP contribution < -0.4 is 10.6 Å². The zero-order chi connectivity index (χ0) is 28.9. The molecule has 2 heterocycles. The van der Waals surface area contributed by atoms with E-state index in [0.29, 0.717) is 28.2 Å². The Balaban J connectivity index is 1.60. The smallest absolute Gasteiger partial charge is 0.383 e. The van der Waals surface area contributed by atoms with E-state index in [-0.39, 0.29) is 40.7 Å². The molecule has 1 unspecified atom stereocenters. The number of alkyl halides is 3. The van der Waals surface area contributed by atoms with Gasteiger partial charge in [-0.05, 0) is 42.0 Å². The number of aromatic nitrogens is 4. The van der Waals surface area contributed by atoms with Gasteiger partial charge in [0.2, 0.25) is 0 Å². The van der Waals surface area contributed by atoms with Crippen LogP contribution in [-0.4, -0.2) is 32.7 Å². The number of benzene rings is 2. The molecule has 7 nitrogen and oxygen atoms in total. The molecule has 0 radical (unpaired) electrons. The lowest BCUT2D eigenvalue weighted by Crippen LogP contribution is -2.35. The minimum atomic E-state index is -4.48. The first-order valence-electron chi connectivity index (χ1n) is 12.6. The van der Waals surface area contributed by atoms with Crippen molar-refractivity contribution in [3.63, 3.8) is 0 Å². The summed E-state index contributed by atoms with van der Waals surface area (Å²) < 4.78 is 57.5. The van der Waals surface area contributed by atoms with Crippen molar-refractivity contribution in [2.45, 2.75) is 51.4 Å². The first kappa shape index (κ1) is 27.6. The molecule has 0 saturated heterocycles. The van der Waals surface area contributed by atoms with Crippen LogP contribution >= 0.6 is 11.6 Å². The molecule has 1 aliphatic carbocycles. The van der Waals surface area contributed by atoms with Crippen LogP contribution in [-0.2, 0) is 5.54 Å². The number of nitriles is 1. The van der Waals surface area contributed by atoms with Crippen molar-refractivity contribution in [3.8, 4) is 6.07 Å². The van der Waals surface area contributed by atoms with E-state index in [4.69, 9.17) is 11.6 Å². The van der Waals surface area contributed by atoms with Crippen molar-refractivity contribution in [2.75, 3.05) is 17.2 Å². The molecule has 1 atom stereocenters. The summed E-state index contributed by atoms with van der Waals surface area (Å²) in [5.74, 6) is -0.640. The molecule has 12 heteroatoms. The molecule has 1 aliphatic rings. The van der Waals surface area contributed by atoms with Gasteiger partial charge in [0.05, 0.1) is 23.5 Å². The number of nitrogens with zero attached hydrogens (tertiary/aromatic N) is 5. The highest BCUT2D eigenvalue weighted by atomic mass is 35.5. The van der Waals surface area contributed by atoms with Crippen LogP contribution in [0.3, 0.4) is 0 Å². The minimum Gasteiger partial charge on any atom is -0.383 e. The number of hydrogen-bond donors (Lipinski definition) is 2. The van der Waals surface area contributed by atoms with Crippen LogP contribution in [0.5, 0.6) is 0 Å². The van der Waals surface area contributed by atoms with Crippen LogP contribution in [0.15, 0.2) is 48.8 Å². The number of fused-ring (bicyclic) bond motifs is 1. The molecule has 2 N–H and O–H groups in total. The fourth-order valence-electron chi connectivity index (χ4n) is 4.54. The van der Waals surface area contributed by atoms with Gasteiger partial charge in [0.1, 0.15) is 17.3 Å². The average Bonchev–Trinajstić information content (AvgIpc) is 3.57. The number of anilines is 2. The Hall–Kier alpha value is -3.91. The highest BCUT2D eigenvalue weighted by Crippen LogP contribution is 2.55. The molecule has 1 fully saturated rings. The summed E-state index contributed by atoms with van der Waals surface area (Å²) in [6.07, 6.45) is -2.07. The molecule has 208 valence electrons. The van der Waals surface area contributed by atoms with Gasteiger partial charge in [-0.25, -0.2) is 9.07 Å². The highest BCUT2D eigenvalue weighted by Gasteiger charge is 2.66. The van der Waals surface area contributed by atoms with E-state index in [1.165, 1.54) is 18.5 Å². The lowest BCUT2D eigenvalue weighted by molar-refractivity contribution is -0.182. The van der Waals surface area contributed by atoms with Crippen LogP contribution in [0.2, 0.25) is 5.02 Å². The maximum absolute atomic E-state index is 15.4. The molecule has 40 heavy (non-hydrogen) atoms. The topological polar surface area (TPSA) is 91.5 Å². The Labute approximate surface area is 233 Å². The van der Waals surface area contributed by atoms with E-state index in [1.54, 1.807) is 30.3 Å². The standard InChI is InChI=1S/C28H26ClF4N7/c1-26(2,3)15-36-23-16(12-34)13-35-24-19(23)10-17(11-21(24)30)37-25(18-6-4-5-7-20(18)29)22-14-40(39-38-22)27(8-9-27)28(31,32)33/h4-7,10-11,13-14,25,37H,8-9,15H2,1-3H3,(H,35,36). The van der Waals surface area contributed by atoms with Gasteiger partial charge in [-0.15, -0.1) is 5.10 Å². The molecule has 2 aromatic heterocycles. The Morgan fingerprint density at radius 1 is 1.18 bits per heavy atom. The maximum atomic E-state index is 15.4. The molecule has 0 amide bonds. The molecular formula is C28H26ClF4N7. The molecular weight excluding hydrogens is 546 g/mol. The largest absolute Gasteiger partial charge is 0.413 e. The fraction of sp³-hybridized carbons (Fsp3) is 0.357. The van der Waals surface area contributed by atoms with Gasteiger partial charge in [-0.2, -0.15) is 18.4 Å². The lowest BCUT2D eigenvalue weighted by atomic mass is 9.96. The lowest BCUT2D eigenvalue weighted by Gasteiger charge is -2.22. The summed E-state index contributed by atoms with van der Waals surface area (Å²) in [7, 11) is 0. The molecule has 0 spiro atoms. The molecule has 0 aliphatic heterocycles. The van der Waals surface area contributed by atoms with Gasteiger partial charge in [-0.1, -0.05) is 55.8 Å². The Morgan fingerprint density at radius 3 is 2.52 bits per heavy atom. The number of nitrogens with one attached hydrogen (secondary N) is 2. The summed E-state index contributed by atoms with van der Waals surface area (Å²) in [4.78, 5) is 4.15. The van der Waals surface area contributed by atoms with E-state index in [1.807, 2.05) is 20.8 Å². The summed E-state index contributed by atoms with van der Waals surface area (Å²) in [6, 6.07) is 10.9. The fourth-order valence-corrected chi connectivity index (χ4v) is 4.78. The van der Waals surface area contributed by atoms with Crippen molar-refractivity contribution < 1.29 is 17.6 Å². The van der Waals surface area contributed by atoms with E-state index in [0.717, 1.165) is 4.68 Å². The first-order chi connectivity index (χ1) is 18.8. The third-order valence-electron chi connectivity index (χ3n) is 6.86. The third-order valence-corrected chi connectivity index (χ3v) is 7.21. The van der Waals surface area contributed by atoms with Gasteiger partial charge in [0, 0.05) is 28.8 Å². The van der Waals surface area contributed by atoms with Crippen molar-refractivity contribution in [2.24, 2.45) is 5.41 Å². The van der Waals surface area contributed by atoms with Crippen molar-refractivity contribution in [1.82, 2.24) is 20.0 Å². The van der Waals surface area contributed by atoms with E-state index >= 15 is 4.39 Å². The van der Waals surface area contributed by atoms with E-state index in [2.05, 4.69) is 32.0 Å². The third kappa shape index (κ3) is 5.16. The Morgan fingerprint density at radius 2 is 1.90 bits per heavy atom. The zero-order valence-corrected chi connectivity index (χ0v) is 22.7. The van der Waals surface area contributed by atoms with Crippen molar-refractivity contribution >= 4 is 33.9 Å². The Kier molecular flexibility index (Phi) is 6.86. The van der Waals surface area contributed by atoms with Gasteiger partial charge in [0.15, 0.2) is 11.4 Å². The normalized spacial score (nSPS) is 15.5. The summed E-state index contributed by atoms with van der Waals surface area (Å²) in [5.41, 5.74) is -0.466. The molecule has 2 aromatic carbocycles. The van der Waals surface area contributed by atoms with Crippen LogP contribution in [0.1, 0.15) is 56.5 Å². The van der Waals surface area contributed by atoms with Crippen LogP contribution in [0, 0.1) is 22.6 Å². The van der Waals surface area contributed by atoms with Crippen LogP contribution in [0.4, 0.5) is 28.9 Å². The number of halogens is 5. The number of pyridine rings is 1. The Bertz CT molecular complexity index is 1610. The molecule has 1 saturated carbocycles. The van der Waals surface area contributed by atoms with Gasteiger partial charge in [-0.3, -0.25) is 4.98 Å². The van der Waals surface area contributed by atoms with E-state index in [9.17, 15) is 18.4 Å². The quantitative estimate of drug-likeness (QED) is 0.228. The number of hydrogen-bond acceptors (Lipinski definition) is 6. The van der Waals surface area contributed by atoms with Gasteiger partial charge in [0.25, 0.3) is 0 Å². The van der Waals surface area contributed by atoms with E-state index < -0.39 is 23.6 Å². The predicted molar refractivity (Wildman–Crippen MR) is 145 cm³/mol. The predicted octanol–water partition coefficient (Wildman–Crippen LogP) is 7.20. The second kappa shape index (κ2) is 9.93. The molecule has 4 aromatic rings. The highest BCUT2D eigenvalue weighted by molar-refractivity contribution is 6.31. The zero-order valence-electron chi connectivity index (χ0n) is 21.9. The average molecular weight is 572 g/mol. The maximum Gasteiger partial charge on any atom is 0.413 e. The van der Waals surface area contributed by atoms with Crippen LogP contribution in [0.25, 0.3) is 10.9 Å². The summed E-state index contributed by atoms with van der Waals surface area (Å²) >= 11 is 6.49. The minimum absolute atomic E-state index is 0.0713. The number of rotatable bonds is 7. The van der Waals surface area contributed by atoms with Gasteiger partial charge >= 0.3 is 6.18 Å². The van der Waals surface area contributed by atoms with Gasteiger partial charge < -0.3 is 10.6 Å². The van der Waals surface area contributed by atoms with Crippen molar-refractivity contribution in [1.29, 1.82) is 5.26 Å². The second-order valence-electron chi connectivity index (χ2n) is 11.1. The molecule has 5 rings (SSSR count). The second-order valence-corrected chi connectivity index (χ2v) is 11.6. The summed E-state index contributed by atoms with van der Waals surface area (Å²) in [5, 5.41) is 24.7.